The average molecular weight is 257 g/mol. The van der Waals surface area contributed by atoms with Crippen LogP contribution < -0.4 is 4.90 Å². The first-order valence-electron chi connectivity index (χ1n) is 5.52. The molecule has 5 heteroatoms. The van der Waals surface area contributed by atoms with Crippen molar-refractivity contribution in [2.24, 2.45) is 0 Å². The Bertz CT molecular complexity index is 450. The molecule has 1 aromatic rings. The molecule has 1 aliphatic rings. The van der Waals surface area contributed by atoms with Crippen molar-refractivity contribution < 1.29 is 13.6 Å². The molecule has 0 aliphatic carbocycles. The van der Waals surface area contributed by atoms with Gasteiger partial charge in [-0.15, -0.1) is 0 Å². The maximum absolute atomic E-state index is 13.6. The number of carbonyl (C=O) groups excluding carboxylic acids is 1. The SMILES string of the molecule is O=C(CCS)N1CCCc2c(F)cc(F)cc21. The van der Waals surface area contributed by atoms with Gasteiger partial charge < -0.3 is 4.90 Å². The summed E-state index contributed by atoms with van der Waals surface area (Å²) in [7, 11) is 0. The van der Waals surface area contributed by atoms with Gasteiger partial charge in [-0.3, -0.25) is 4.79 Å². The first-order valence-corrected chi connectivity index (χ1v) is 6.16. The minimum atomic E-state index is -0.646. The Labute approximate surface area is 104 Å². The number of benzene rings is 1. The van der Waals surface area contributed by atoms with Gasteiger partial charge in [-0.1, -0.05) is 0 Å². The van der Waals surface area contributed by atoms with Crippen molar-refractivity contribution in [3.63, 3.8) is 0 Å². The van der Waals surface area contributed by atoms with Gasteiger partial charge in [0.15, 0.2) is 0 Å². The van der Waals surface area contributed by atoms with Crippen LogP contribution in [0.1, 0.15) is 18.4 Å². The molecule has 0 bridgehead atoms. The van der Waals surface area contributed by atoms with E-state index in [1.54, 1.807) is 0 Å². The molecule has 2 rings (SSSR count). The van der Waals surface area contributed by atoms with E-state index in [0.717, 1.165) is 6.07 Å². The molecule has 1 aromatic carbocycles. The summed E-state index contributed by atoms with van der Waals surface area (Å²) in [6, 6.07) is 2.10. The summed E-state index contributed by atoms with van der Waals surface area (Å²) < 4.78 is 26.7. The highest BCUT2D eigenvalue weighted by molar-refractivity contribution is 7.80. The summed E-state index contributed by atoms with van der Waals surface area (Å²) >= 11 is 3.99. The van der Waals surface area contributed by atoms with Gasteiger partial charge in [-0.25, -0.2) is 8.78 Å². The maximum atomic E-state index is 13.6. The van der Waals surface area contributed by atoms with E-state index in [1.807, 2.05) is 0 Å². The van der Waals surface area contributed by atoms with E-state index in [0.29, 0.717) is 36.4 Å². The van der Waals surface area contributed by atoms with Gasteiger partial charge in [-0.2, -0.15) is 12.6 Å². The lowest BCUT2D eigenvalue weighted by Gasteiger charge is -2.29. The summed E-state index contributed by atoms with van der Waals surface area (Å²) in [5.74, 6) is -0.913. The molecule has 0 N–H and O–H groups in total. The number of hydrogen-bond acceptors (Lipinski definition) is 2. The molecule has 0 saturated heterocycles. The molecule has 1 aliphatic heterocycles. The lowest BCUT2D eigenvalue weighted by atomic mass is 10.0. The zero-order chi connectivity index (χ0) is 12.4. The maximum Gasteiger partial charge on any atom is 0.227 e. The fraction of sp³-hybridized carbons (Fsp3) is 0.417. The summed E-state index contributed by atoms with van der Waals surface area (Å²) in [4.78, 5) is 13.3. The van der Waals surface area contributed by atoms with E-state index < -0.39 is 11.6 Å². The molecule has 2 nitrogen and oxygen atoms in total. The van der Waals surface area contributed by atoms with E-state index in [9.17, 15) is 13.6 Å². The van der Waals surface area contributed by atoms with Gasteiger partial charge >= 0.3 is 0 Å². The van der Waals surface area contributed by atoms with Crippen LogP contribution in [0.3, 0.4) is 0 Å². The Morgan fingerprint density at radius 3 is 2.88 bits per heavy atom. The van der Waals surface area contributed by atoms with Gasteiger partial charge in [0.25, 0.3) is 0 Å². The molecule has 92 valence electrons. The second-order valence-corrected chi connectivity index (χ2v) is 4.46. The zero-order valence-corrected chi connectivity index (χ0v) is 10.1. The Morgan fingerprint density at radius 1 is 1.41 bits per heavy atom. The number of hydrogen-bond donors (Lipinski definition) is 1. The van der Waals surface area contributed by atoms with Crippen LogP contribution >= 0.6 is 12.6 Å². The standard InChI is InChI=1S/C12H13F2NOS/c13-8-6-10(14)9-2-1-4-15(11(9)7-8)12(16)3-5-17/h6-7,17H,1-5H2. The quantitative estimate of drug-likeness (QED) is 0.807. The van der Waals surface area contributed by atoms with Gasteiger partial charge in [0.1, 0.15) is 11.6 Å². The van der Waals surface area contributed by atoms with Crippen molar-refractivity contribution >= 4 is 24.2 Å². The second-order valence-electron chi connectivity index (χ2n) is 4.01. The first-order chi connectivity index (χ1) is 8.13. The van der Waals surface area contributed by atoms with Gasteiger partial charge in [-0.05, 0) is 24.7 Å². The van der Waals surface area contributed by atoms with Gasteiger partial charge in [0.05, 0.1) is 5.69 Å². The molecule has 1 amide bonds. The lowest BCUT2D eigenvalue weighted by molar-refractivity contribution is -0.118. The predicted molar refractivity (Wildman–Crippen MR) is 65.5 cm³/mol. The molecule has 17 heavy (non-hydrogen) atoms. The summed E-state index contributed by atoms with van der Waals surface area (Å²) in [6.45, 7) is 0.516. The van der Waals surface area contributed by atoms with Crippen molar-refractivity contribution in [2.75, 3.05) is 17.2 Å². The number of anilines is 1. The Kier molecular flexibility index (Phi) is 3.66. The van der Waals surface area contributed by atoms with Gasteiger partial charge in [0.2, 0.25) is 5.91 Å². The molecule has 0 saturated carbocycles. The average Bonchev–Trinajstić information content (AvgIpc) is 2.28. The lowest BCUT2D eigenvalue weighted by Crippen LogP contribution is -2.36. The Morgan fingerprint density at radius 2 is 2.18 bits per heavy atom. The molecular weight excluding hydrogens is 244 g/mol. The van der Waals surface area contributed by atoms with Crippen molar-refractivity contribution in [1.82, 2.24) is 0 Å². The molecule has 0 radical (unpaired) electrons. The summed E-state index contributed by atoms with van der Waals surface area (Å²) in [6.07, 6.45) is 1.53. The minimum Gasteiger partial charge on any atom is -0.312 e. The van der Waals surface area contributed by atoms with Crippen molar-refractivity contribution in [1.29, 1.82) is 0 Å². The largest absolute Gasteiger partial charge is 0.312 e. The van der Waals surface area contributed by atoms with Crippen LogP contribution in [0.15, 0.2) is 12.1 Å². The van der Waals surface area contributed by atoms with Crippen molar-refractivity contribution in [3.05, 3.63) is 29.3 Å². The van der Waals surface area contributed by atoms with E-state index in [1.165, 1.54) is 11.0 Å². The molecule has 0 aromatic heterocycles. The van der Waals surface area contributed by atoms with Crippen LogP contribution in [0.25, 0.3) is 0 Å². The van der Waals surface area contributed by atoms with E-state index in [4.69, 9.17) is 0 Å². The summed E-state index contributed by atoms with van der Waals surface area (Å²) in [5.41, 5.74) is 0.811. The molecule has 0 spiro atoms. The Hall–Kier alpha value is -1.10. The molecule has 0 fully saturated rings. The monoisotopic (exact) mass is 257 g/mol. The van der Waals surface area contributed by atoms with Crippen LogP contribution in [-0.4, -0.2) is 18.2 Å². The smallest absolute Gasteiger partial charge is 0.227 e. The van der Waals surface area contributed by atoms with Gasteiger partial charge in [0, 0.05) is 24.6 Å². The van der Waals surface area contributed by atoms with Crippen LogP contribution in [-0.2, 0) is 11.2 Å². The predicted octanol–water partition coefficient (Wildman–Crippen LogP) is 2.56. The third kappa shape index (κ3) is 2.44. The van der Waals surface area contributed by atoms with Crippen LogP contribution in [0.2, 0.25) is 0 Å². The third-order valence-electron chi connectivity index (χ3n) is 2.86. The van der Waals surface area contributed by atoms with Crippen LogP contribution in [0.5, 0.6) is 0 Å². The highest BCUT2D eigenvalue weighted by Gasteiger charge is 2.24. The third-order valence-corrected chi connectivity index (χ3v) is 3.09. The zero-order valence-electron chi connectivity index (χ0n) is 9.25. The number of rotatable bonds is 2. The number of halogens is 2. The molecule has 0 unspecified atom stereocenters. The van der Waals surface area contributed by atoms with E-state index in [-0.39, 0.29) is 12.3 Å². The number of fused-ring (bicyclic) bond motifs is 1. The number of thiol groups is 1. The normalized spacial score (nSPS) is 14.6. The molecular formula is C12H13F2NOS. The topological polar surface area (TPSA) is 20.3 Å². The number of amides is 1. The molecule has 1 heterocycles. The number of nitrogens with zero attached hydrogens (tertiary/aromatic N) is 1. The van der Waals surface area contributed by atoms with E-state index >= 15 is 0 Å². The highest BCUT2D eigenvalue weighted by atomic mass is 32.1. The van der Waals surface area contributed by atoms with Crippen molar-refractivity contribution in [2.45, 2.75) is 19.3 Å². The Balaban J connectivity index is 2.40. The first kappa shape index (κ1) is 12.4. The second kappa shape index (κ2) is 5.04. The fourth-order valence-corrected chi connectivity index (χ4v) is 2.29. The number of carbonyl (C=O) groups is 1. The highest BCUT2D eigenvalue weighted by Crippen LogP contribution is 2.30. The van der Waals surface area contributed by atoms with Crippen LogP contribution in [0.4, 0.5) is 14.5 Å². The summed E-state index contributed by atoms with van der Waals surface area (Å²) in [5, 5.41) is 0. The molecule has 0 atom stereocenters. The van der Waals surface area contributed by atoms with Crippen molar-refractivity contribution in [3.8, 4) is 0 Å². The minimum absolute atomic E-state index is 0.133. The van der Waals surface area contributed by atoms with Crippen LogP contribution in [0, 0.1) is 11.6 Å². The van der Waals surface area contributed by atoms with E-state index in [2.05, 4.69) is 12.6 Å². The fourth-order valence-electron chi connectivity index (χ4n) is 2.10.